The van der Waals surface area contributed by atoms with E-state index >= 15 is 0 Å². The van der Waals surface area contributed by atoms with Crippen LogP contribution in [0.25, 0.3) is 0 Å². The fourth-order valence-corrected chi connectivity index (χ4v) is 2.96. The predicted molar refractivity (Wildman–Crippen MR) is 82.0 cm³/mol. The molecule has 0 radical (unpaired) electrons. The Morgan fingerprint density at radius 3 is 2.86 bits per heavy atom. The molecule has 2 aromatic rings. The molecule has 1 amide bonds. The molecule has 2 heterocycles. The van der Waals surface area contributed by atoms with Gasteiger partial charge in [0.05, 0.1) is 6.42 Å². The maximum Gasteiger partial charge on any atom is 0.227 e. The molecule has 0 saturated carbocycles. The lowest BCUT2D eigenvalue weighted by atomic mass is 9.96. The standard InChI is InChI=1S/C17H20FN3O/c1-12-10-19-17(20-12)14-3-2-8-21(11-14)16(22)9-13-4-6-15(18)7-5-13/h4-7,10,14H,2-3,8-9,11H2,1H3,(H,19,20). The van der Waals surface area contributed by atoms with Crippen LogP contribution in [0.3, 0.4) is 0 Å². The molecule has 1 aliphatic heterocycles. The van der Waals surface area contributed by atoms with Crippen LogP contribution in [0.4, 0.5) is 4.39 Å². The minimum atomic E-state index is -0.276. The third-order valence-corrected chi connectivity index (χ3v) is 4.15. The number of nitrogens with one attached hydrogen (secondary N) is 1. The Bertz CT molecular complexity index is 650. The zero-order valence-corrected chi connectivity index (χ0v) is 12.7. The van der Waals surface area contributed by atoms with E-state index in [4.69, 9.17) is 0 Å². The topological polar surface area (TPSA) is 49.0 Å². The van der Waals surface area contributed by atoms with Crippen molar-refractivity contribution in [2.45, 2.75) is 32.1 Å². The van der Waals surface area contributed by atoms with Crippen LogP contribution in [0.5, 0.6) is 0 Å². The van der Waals surface area contributed by atoms with Crippen LogP contribution in [0.1, 0.15) is 35.8 Å². The molecule has 1 aromatic heterocycles. The molecular formula is C17H20FN3O. The van der Waals surface area contributed by atoms with Crippen LogP contribution < -0.4 is 0 Å². The molecule has 1 N–H and O–H groups in total. The highest BCUT2D eigenvalue weighted by Crippen LogP contribution is 2.25. The van der Waals surface area contributed by atoms with Crippen LogP contribution in [-0.4, -0.2) is 33.9 Å². The average molecular weight is 301 g/mol. The van der Waals surface area contributed by atoms with E-state index in [1.807, 2.05) is 18.0 Å². The third-order valence-electron chi connectivity index (χ3n) is 4.15. The number of amides is 1. The van der Waals surface area contributed by atoms with E-state index in [-0.39, 0.29) is 17.6 Å². The van der Waals surface area contributed by atoms with Gasteiger partial charge < -0.3 is 9.88 Å². The number of aromatic amines is 1. The van der Waals surface area contributed by atoms with Crippen LogP contribution in [-0.2, 0) is 11.2 Å². The Balaban J connectivity index is 1.63. The number of carbonyl (C=O) groups excluding carboxylic acids is 1. The Morgan fingerprint density at radius 2 is 2.18 bits per heavy atom. The zero-order chi connectivity index (χ0) is 15.5. The summed E-state index contributed by atoms with van der Waals surface area (Å²) < 4.78 is 12.9. The predicted octanol–water partition coefficient (Wildman–Crippen LogP) is 2.81. The van der Waals surface area contributed by atoms with E-state index in [1.165, 1.54) is 12.1 Å². The lowest BCUT2D eigenvalue weighted by Crippen LogP contribution is -2.40. The number of hydrogen-bond donors (Lipinski definition) is 1. The molecular weight excluding hydrogens is 281 g/mol. The van der Waals surface area contributed by atoms with Crippen LogP contribution in [0.2, 0.25) is 0 Å². The van der Waals surface area contributed by atoms with Crippen molar-refractivity contribution < 1.29 is 9.18 Å². The van der Waals surface area contributed by atoms with Crippen molar-refractivity contribution in [3.63, 3.8) is 0 Å². The fraction of sp³-hybridized carbons (Fsp3) is 0.412. The van der Waals surface area contributed by atoms with E-state index in [0.717, 1.165) is 36.5 Å². The van der Waals surface area contributed by atoms with E-state index in [2.05, 4.69) is 9.97 Å². The lowest BCUT2D eigenvalue weighted by molar-refractivity contribution is -0.131. The molecule has 0 aliphatic carbocycles. The average Bonchev–Trinajstić information content (AvgIpc) is 2.96. The van der Waals surface area contributed by atoms with Crippen molar-refractivity contribution >= 4 is 5.91 Å². The van der Waals surface area contributed by atoms with E-state index in [9.17, 15) is 9.18 Å². The summed E-state index contributed by atoms with van der Waals surface area (Å²) in [4.78, 5) is 22.0. The van der Waals surface area contributed by atoms with E-state index in [0.29, 0.717) is 13.0 Å². The normalized spacial score (nSPS) is 18.5. The SMILES string of the molecule is Cc1cnc(C2CCCN(C(=O)Cc3ccc(F)cc3)C2)[nH]1. The summed E-state index contributed by atoms with van der Waals surface area (Å²) in [5.41, 5.74) is 1.90. The van der Waals surface area contributed by atoms with Crippen molar-refractivity contribution in [3.05, 3.63) is 53.4 Å². The maximum atomic E-state index is 12.9. The summed E-state index contributed by atoms with van der Waals surface area (Å²) in [6.07, 6.45) is 4.19. The van der Waals surface area contributed by atoms with Gasteiger partial charge in [-0.05, 0) is 37.5 Å². The molecule has 1 aliphatic rings. The first kappa shape index (κ1) is 14.8. The number of imidazole rings is 1. The Morgan fingerprint density at radius 1 is 1.41 bits per heavy atom. The van der Waals surface area contributed by atoms with Gasteiger partial charge in [0, 0.05) is 30.9 Å². The molecule has 1 atom stereocenters. The van der Waals surface area contributed by atoms with Gasteiger partial charge in [-0.15, -0.1) is 0 Å². The van der Waals surface area contributed by atoms with Crippen LogP contribution in [0.15, 0.2) is 30.5 Å². The minimum absolute atomic E-state index is 0.0968. The molecule has 1 aromatic carbocycles. The molecule has 1 saturated heterocycles. The fourth-order valence-electron chi connectivity index (χ4n) is 2.96. The quantitative estimate of drug-likeness (QED) is 0.947. The highest BCUT2D eigenvalue weighted by atomic mass is 19.1. The van der Waals surface area contributed by atoms with Crippen molar-refractivity contribution in [2.75, 3.05) is 13.1 Å². The molecule has 0 bridgehead atoms. The van der Waals surface area contributed by atoms with Crippen LogP contribution >= 0.6 is 0 Å². The zero-order valence-electron chi connectivity index (χ0n) is 12.7. The lowest BCUT2D eigenvalue weighted by Gasteiger charge is -2.32. The summed E-state index contributed by atoms with van der Waals surface area (Å²) in [7, 11) is 0. The number of nitrogens with zero attached hydrogens (tertiary/aromatic N) is 2. The number of H-pyrrole nitrogens is 1. The first-order valence-corrected chi connectivity index (χ1v) is 7.65. The van der Waals surface area contributed by atoms with Gasteiger partial charge in [0.15, 0.2) is 0 Å². The van der Waals surface area contributed by atoms with E-state index in [1.54, 1.807) is 12.1 Å². The molecule has 1 fully saturated rings. The summed E-state index contributed by atoms with van der Waals surface area (Å²) in [6.45, 7) is 3.47. The van der Waals surface area contributed by atoms with Gasteiger partial charge in [-0.1, -0.05) is 12.1 Å². The Kier molecular flexibility index (Phi) is 4.22. The summed E-state index contributed by atoms with van der Waals surface area (Å²) in [5, 5.41) is 0. The van der Waals surface area contributed by atoms with Gasteiger partial charge in [-0.3, -0.25) is 4.79 Å². The molecule has 3 rings (SSSR count). The highest BCUT2D eigenvalue weighted by molar-refractivity contribution is 5.78. The van der Waals surface area contributed by atoms with Crippen molar-refractivity contribution in [2.24, 2.45) is 0 Å². The van der Waals surface area contributed by atoms with Gasteiger partial charge in [-0.25, -0.2) is 9.37 Å². The summed E-state index contributed by atoms with van der Waals surface area (Å²) in [5.74, 6) is 1.07. The Labute approximate surface area is 129 Å². The number of piperidine rings is 1. The molecule has 4 nitrogen and oxygen atoms in total. The monoisotopic (exact) mass is 301 g/mol. The van der Waals surface area contributed by atoms with Gasteiger partial charge in [0.1, 0.15) is 11.6 Å². The molecule has 22 heavy (non-hydrogen) atoms. The second kappa shape index (κ2) is 6.30. The second-order valence-corrected chi connectivity index (χ2v) is 5.93. The van der Waals surface area contributed by atoms with Crippen molar-refractivity contribution in [1.29, 1.82) is 0 Å². The molecule has 5 heteroatoms. The number of rotatable bonds is 3. The number of likely N-dealkylation sites (tertiary alicyclic amines) is 1. The number of benzene rings is 1. The molecule has 0 spiro atoms. The van der Waals surface area contributed by atoms with E-state index < -0.39 is 0 Å². The summed E-state index contributed by atoms with van der Waals surface area (Å²) in [6, 6.07) is 6.13. The Hall–Kier alpha value is -2.17. The van der Waals surface area contributed by atoms with Gasteiger partial charge in [0.25, 0.3) is 0 Å². The first-order chi connectivity index (χ1) is 10.6. The number of aryl methyl sites for hydroxylation is 1. The molecule has 116 valence electrons. The summed E-state index contributed by atoms with van der Waals surface area (Å²) >= 11 is 0. The minimum Gasteiger partial charge on any atom is -0.346 e. The number of aromatic nitrogens is 2. The van der Waals surface area contributed by atoms with Crippen LogP contribution in [0, 0.1) is 12.7 Å². The van der Waals surface area contributed by atoms with Gasteiger partial charge in [-0.2, -0.15) is 0 Å². The first-order valence-electron chi connectivity index (χ1n) is 7.65. The van der Waals surface area contributed by atoms with Crippen molar-refractivity contribution in [1.82, 2.24) is 14.9 Å². The second-order valence-electron chi connectivity index (χ2n) is 5.93. The molecule has 1 unspecified atom stereocenters. The largest absolute Gasteiger partial charge is 0.346 e. The van der Waals surface area contributed by atoms with Crippen molar-refractivity contribution in [3.8, 4) is 0 Å². The maximum absolute atomic E-state index is 12.9. The van der Waals surface area contributed by atoms with Gasteiger partial charge >= 0.3 is 0 Å². The third kappa shape index (κ3) is 3.35. The number of halogens is 1. The smallest absolute Gasteiger partial charge is 0.227 e. The number of carbonyl (C=O) groups is 1. The van der Waals surface area contributed by atoms with Gasteiger partial charge in [0.2, 0.25) is 5.91 Å². The number of hydrogen-bond acceptors (Lipinski definition) is 2. The highest BCUT2D eigenvalue weighted by Gasteiger charge is 2.26.